The first-order valence-corrected chi connectivity index (χ1v) is 5.08. The molecule has 0 radical (unpaired) electrons. The van der Waals surface area contributed by atoms with Crippen LogP contribution < -0.4 is 0 Å². The summed E-state index contributed by atoms with van der Waals surface area (Å²) in [4.78, 5) is 0. The van der Waals surface area contributed by atoms with Gasteiger partial charge in [0.1, 0.15) is 0 Å². The summed E-state index contributed by atoms with van der Waals surface area (Å²) in [5, 5.41) is 0. The van der Waals surface area contributed by atoms with E-state index in [9.17, 15) is 0 Å². The molecule has 0 spiro atoms. The lowest BCUT2D eigenvalue weighted by Gasteiger charge is -2.03. The summed E-state index contributed by atoms with van der Waals surface area (Å²) in [6.45, 7) is 8.28. The summed E-state index contributed by atoms with van der Waals surface area (Å²) >= 11 is 1.98. The Labute approximate surface area is 68.5 Å². The van der Waals surface area contributed by atoms with Crippen molar-refractivity contribution in [3.05, 3.63) is 0 Å². The number of ether oxygens (including phenoxy) is 1. The van der Waals surface area contributed by atoms with Crippen LogP contribution >= 0.6 is 11.8 Å². The van der Waals surface area contributed by atoms with Crippen molar-refractivity contribution < 1.29 is 4.74 Å². The van der Waals surface area contributed by atoms with E-state index < -0.39 is 0 Å². The lowest BCUT2D eigenvalue weighted by molar-refractivity contribution is 0.164. The second-order valence-corrected chi connectivity index (χ2v) is 3.82. The maximum Gasteiger partial charge on any atom is 0.0556 e. The number of hydrogen-bond donors (Lipinski definition) is 0. The Balaban J connectivity index is 2.77. The summed E-state index contributed by atoms with van der Waals surface area (Å²) in [6.07, 6.45) is 0. The van der Waals surface area contributed by atoms with E-state index in [1.54, 1.807) is 0 Å². The van der Waals surface area contributed by atoms with Gasteiger partial charge in [-0.2, -0.15) is 11.8 Å². The highest BCUT2D eigenvalue weighted by atomic mass is 32.2. The SMILES string of the molecule is CCOCCSCC(C)C. The number of thioether (sulfide) groups is 1. The summed E-state index contributed by atoms with van der Waals surface area (Å²) < 4.78 is 5.19. The number of rotatable bonds is 6. The van der Waals surface area contributed by atoms with Gasteiger partial charge >= 0.3 is 0 Å². The van der Waals surface area contributed by atoms with Crippen LogP contribution in [0.4, 0.5) is 0 Å². The molecule has 0 saturated heterocycles. The highest BCUT2D eigenvalue weighted by molar-refractivity contribution is 7.99. The summed E-state index contributed by atoms with van der Waals surface area (Å²) in [6, 6.07) is 0. The van der Waals surface area contributed by atoms with Gasteiger partial charge < -0.3 is 4.74 Å². The summed E-state index contributed by atoms with van der Waals surface area (Å²) in [5.74, 6) is 3.21. The Hall–Kier alpha value is 0.310. The normalized spacial score (nSPS) is 10.8. The summed E-state index contributed by atoms with van der Waals surface area (Å²) in [5.41, 5.74) is 0. The molecule has 0 N–H and O–H groups in total. The quantitative estimate of drug-likeness (QED) is 0.555. The first-order chi connectivity index (χ1) is 4.77. The zero-order valence-corrected chi connectivity index (χ0v) is 8.04. The van der Waals surface area contributed by atoms with Crippen molar-refractivity contribution in [1.82, 2.24) is 0 Å². The van der Waals surface area contributed by atoms with E-state index in [0.717, 1.165) is 24.9 Å². The molecule has 0 saturated carbocycles. The molecule has 0 bridgehead atoms. The van der Waals surface area contributed by atoms with Gasteiger partial charge in [0.15, 0.2) is 0 Å². The van der Waals surface area contributed by atoms with Crippen molar-refractivity contribution in [3.8, 4) is 0 Å². The smallest absolute Gasteiger partial charge is 0.0556 e. The van der Waals surface area contributed by atoms with E-state index in [-0.39, 0.29) is 0 Å². The van der Waals surface area contributed by atoms with E-state index in [0.29, 0.717) is 0 Å². The lowest BCUT2D eigenvalue weighted by Crippen LogP contribution is -1.99. The highest BCUT2D eigenvalue weighted by Gasteiger charge is 1.92. The molecule has 0 amide bonds. The van der Waals surface area contributed by atoms with Crippen LogP contribution in [-0.2, 0) is 4.74 Å². The molecule has 2 heteroatoms. The van der Waals surface area contributed by atoms with E-state index in [2.05, 4.69) is 13.8 Å². The average molecular weight is 162 g/mol. The van der Waals surface area contributed by atoms with Gasteiger partial charge in [-0.05, 0) is 18.6 Å². The van der Waals surface area contributed by atoms with Crippen molar-refractivity contribution in [2.24, 2.45) is 5.92 Å². The minimum absolute atomic E-state index is 0.812. The Morgan fingerprint density at radius 1 is 1.40 bits per heavy atom. The van der Waals surface area contributed by atoms with E-state index in [4.69, 9.17) is 4.74 Å². The molecule has 0 aromatic heterocycles. The van der Waals surface area contributed by atoms with Crippen LogP contribution in [0, 0.1) is 5.92 Å². The Morgan fingerprint density at radius 2 is 2.10 bits per heavy atom. The second-order valence-electron chi connectivity index (χ2n) is 2.67. The summed E-state index contributed by atoms with van der Waals surface area (Å²) in [7, 11) is 0. The Bertz CT molecular complexity index is 64.3. The van der Waals surface area contributed by atoms with E-state index in [1.807, 2.05) is 18.7 Å². The predicted octanol–water partition coefficient (Wildman–Crippen LogP) is 2.41. The molecule has 0 aliphatic rings. The largest absolute Gasteiger partial charge is 0.381 e. The van der Waals surface area contributed by atoms with Gasteiger partial charge in [-0.25, -0.2) is 0 Å². The zero-order valence-electron chi connectivity index (χ0n) is 7.22. The van der Waals surface area contributed by atoms with Gasteiger partial charge in [0, 0.05) is 12.4 Å². The van der Waals surface area contributed by atoms with E-state index >= 15 is 0 Å². The monoisotopic (exact) mass is 162 g/mol. The molecule has 0 aromatic carbocycles. The molecular weight excluding hydrogens is 144 g/mol. The first-order valence-electron chi connectivity index (χ1n) is 3.92. The average Bonchev–Trinajstić information content (AvgIpc) is 1.87. The third-order valence-electron chi connectivity index (χ3n) is 1.03. The van der Waals surface area contributed by atoms with Crippen molar-refractivity contribution in [2.45, 2.75) is 20.8 Å². The third kappa shape index (κ3) is 8.31. The molecule has 10 heavy (non-hydrogen) atoms. The van der Waals surface area contributed by atoms with Crippen LogP contribution in [0.1, 0.15) is 20.8 Å². The van der Waals surface area contributed by atoms with E-state index in [1.165, 1.54) is 5.75 Å². The molecule has 0 heterocycles. The van der Waals surface area contributed by atoms with Crippen molar-refractivity contribution in [2.75, 3.05) is 24.7 Å². The molecule has 0 atom stereocenters. The molecule has 0 aromatic rings. The minimum Gasteiger partial charge on any atom is -0.381 e. The van der Waals surface area contributed by atoms with Gasteiger partial charge in [-0.3, -0.25) is 0 Å². The fourth-order valence-electron chi connectivity index (χ4n) is 0.581. The van der Waals surface area contributed by atoms with Crippen LogP contribution in [0.2, 0.25) is 0 Å². The fourth-order valence-corrected chi connectivity index (χ4v) is 1.45. The van der Waals surface area contributed by atoms with Gasteiger partial charge in [-0.15, -0.1) is 0 Å². The molecule has 0 unspecified atom stereocenters. The number of hydrogen-bond acceptors (Lipinski definition) is 2. The van der Waals surface area contributed by atoms with Gasteiger partial charge in [0.25, 0.3) is 0 Å². The maximum atomic E-state index is 5.19. The topological polar surface area (TPSA) is 9.23 Å². The highest BCUT2D eigenvalue weighted by Crippen LogP contribution is 2.06. The van der Waals surface area contributed by atoms with Crippen molar-refractivity contribution >= 4 is 11.8 Å². The molecule has 0 aliphatic heterocycles. The van der Waals surface area contributed by atoms with Crippen LogP contribution in [-0.4, -0.2) is 24.7 Å². The van der Waals surface area contributed by atoms with Gasteiger partial charge in [-0.1, -0.05) is 13.8 Å². The maximum absolute atomic E-state index is 5.19. The molecule has 62 valence electrons. The molecule has 1 nitrogen and oxygen atoms in total. The molecule has 0 fully saturated rings. The van der Waals surface area contributed by atoms with Crippen molar-refractivity contribution in [1.29, 1.82) is 0 Å². The lowest BCUT2D eigenvalue weighted by atomic mass is 10.3. The second kappa shape index (κ2) is 7.42. The standard InChI is InChI=1S/C8H18OS/c1-4-9-5-6-10-7-8(2)3/h8H,4-7H2,1-3H3. The van der Waals surface area contributed by atoms with Crippen LogP contribution in [0.5, 0.6) is 0 Å². The Morgan fingerprint density at radius 3 is 2.60 bits per heavy atom. The van der Waals surface area contributed by atoms with Crippen LogP contribution in [0.3, 0.4) is 0 Å². The molecular formula is C8H18OS. The first kappa shape index (κ1) is 10.3. The molecule has 0 rings (SSSR count). The van der Waals surface area contributed by atoms with Crippen LogP contribution in [0.25, 0.3) is 0 Å². The fraction of sp³-hybridized carbons (Fsp3) is 1.00. The predicted molar refractivity (Wildman–Crippen MR) is 48.7 cm³/mol. The minimum atomic E-state index is 0.812. The van der Waals surface area contributed by atoms with Gasteiger partial charge in [0.05, 0.1) is 6.61 Å². The van der Waals surface area contributed by atoms with Gasteiger partial charge in [0.2, 0.25) is 0 Å². The Kier molecular flexibility index (Phi) is 7.65. The molecule has 0 aliphatic carbocycles. The van der Waals surface area contributed by atoms with Crippen molar-refractivity contribution in [3.63, 3.8) is 0 Å². The van der Waals surface area contributed by atoms with Crippen LogP contribution in [0.15, 0.2) is 0 Å². The zero-order chi connectivity index (χ0) is 7.82. The third-order valence-corrected chi connectivity index (χ3v) is 2.39.